The van der Waals surface area contributed by atoms with Crippen molar-refractivity contribution in [1.29, 1.82) is 0 Å². The van der Waals surface area contributed by atoms with Gasteiger partial charge in [-0.15, -0.1) is 13.2 Å². The van der Waals surface area contributed by atoms with Crippen LogP contribution in [0.25, 0.3) is 22.2 Å². The summed E-state index contributed by atoms with van der Waals surface area (Å²) in [5.41, 5.74) is 4.19. The molecule has 2 aromatic carbocycles. The molecule has 3 aliphatic heterocycles. The predicted octanol–water partition coefficient (Wildman–Crippen LogP) is 5.03. The van der Waals surface area contributed by atoms with Gasteiger partial charge in [-0.05, 0) is 80.5 Å². The number of hydrogen-bond acceptors (Lipinski definition) is 9. The van der Waals surface area contributed by atoms with Gasteiger partial charge in [0.25, 0.3) is 17.4 Å². The highest BCUT2D eigenvalue weighted by Crippen LogP contribution is 2.34. The van der Waals surface area contributed by atoms with E-state index < -0.39 is 42.6 Å². The van der Waals surface area contributed by atoms with Gasteiger partial charge >= 0.3 is 6.36 Å². The number of unbranched alkanes of at least 4 members (excludes halogenated alkanes) is 2. The minimum absolute atomic E-state index is 0.0224. The number of carbonyl (C=O) groups is 5. The highest BCUT2D eigenvalue weighted by molar-refractivity contribution is 6.25. The van der Waals surface area contributed by atoms with E-state index in [1.54, 1.807) is 49.0 Å². The Morgan fingerprint density at radius 3 is 2.47 bits per heavy atom. The molecule has 17 heteroatoms. The van der Waals surface area contributed by atoms with Gasteiger partial charge in [-0.2, -0.15) is 0 Å². The molecule has 2 fully saturated rings. The number of aromatic nitrogens is 3. The third-order valence-corrected chi connectivity index (χ3v) is 11.1. The molecule has 5 amide bonds. The second-order valence-corrected chi connectivity index (χ2v) is 15.0. The molecule has 2 N–H and O–H groups in total. The van der Waals surface area contributed by atoms with Gasteiger partial charge in [0.2, 0.25) is 17.7 Å². The van der Waals surface area contributed by atoms with Crippen LogP contribution in [-0.4, -0.2) is 92.1 Å². The van der Waals surface area contributed by atoms with Crippen molar-refractivity contribution in [3.63, 3.8) is 0 Å². The number of carbonyl (C=O) groups excluding carboxylic acids is 5. The summed E-state index contributed by atoms with van der Waals surface area (Å²) < 4.78 is 46.4. The van der Waals surface area contributed by atoms with E-state index in [-0.39, 0.29) is 47.9 Å². The number of alkyl halides is 3. The Balaban J connectivity index is 0.920. The Morgan fingerprint density at radius 1 is 0.966 bits per heavy atom. The summed E-state index contributed by atoms with van der Waals surface area (Å²) in [6, 6.07) is 11.2. The molecule has 58 heavy (non-hydrogen) atoms. The predicted molar refractivity (Wildman–Crippen MR) is 206 cm³/mol. The Morgan fingerprint density at radius 2 is 1.74 bits per heavy atom. The lowest BCUT2D eigenvalue weighted by molar-refractivity contribution is -0.325. The normalized spacial score (nSPS) is 17.6. The second kappa shape index (κ2) is 16.6. The van der Waals surface area contributed by atoms with Crippen molar-refractivity contribution in [2.45, 2.75) is 83.2 Å². The molecule has 5 heterocycles. The number of nitrogens with zero attached hydrogens (tertiary/aromatic N) is 5. The number of benzene rings is 2. The average molecular weight is 804 g/mol. The third-order valence-electron chi connectivity index (χ3n) is 11.1. The quantitative estimate of drug-likeness (QED) is 0.139. The highest BCUT2D eigenvalue weighted by atomic mass is 19.4. The Kier molecular flexibility index (Phi) is 11.5. The molecule has 1 unspecified atom stereocenters. The van der Waals surface area contributed by atoms with E-state index in [2.05, 4.69) is 15.4 Å². The minimum atomic E-state index is -4.77. The van der Waals surface area contributed by atoms with E-state index in [0.29, 0.717) is 79.8 Å². The molecule has 3 aliphatic rings. The third kappa shape index (κ3) is 8.40. The van der Waals surface area contributed by atoms with Crippen LogP contribution in [0.15, 0.2) is 53.5 Å². The smallest absolute Gasteiger partial charge is 0.384 e. The van der Waals surface area contributed by atoms with Crippen molar-refractivity contribution < 1.29 is 41.9 Å². The summed E-state index contributed by atoms with van der Waals surface area (Å²) in [6.07, 6.45) is 0.647. The number of imidazole rings is 1. The van der Waals surface area contributed by atoms with Gasteiger partial charge in [0.15, 0.2) is 0 Å². The minimum Gasteiger partial charge on any atom is -0.384 e. The maximum absolute atomic E-state index is 13.3. The van der Waals surface area contributed by atoms with Gasteiger partial charge in [0.05, 0.1) is 28.8 Å². The molecule has 2 aromatic heterocycles. The lowest BCUT2D eigenvalue weighted by Crippen LogP contribution is -2.54. The van der Waals surface area contributed by atoms with Crippen molar-refractivity contribution >= 4 is 46.3 Å². The number of anilines is 1. The van der Waals surface area contributed by atoms with Crippen LogP contribution in [0.2, 0.25) is 0 Å². The van der Waals surface area contributed by atoms with Crippen LogP contribution >= 0.6 is 0 Å². The summed E-state index contributed by atoms with van der Waals surface area (Å²) in [5, 5.41) is 5.42. The summed E-state index contributed by atoms with van der Waals surface area (Å²) >= 11 is 0. The Labute approximate surface area is 331 Å². The van der Waals surface area contributed by atoms with Gasteiger partial charge in [-0.1, -0.05) is 18.6 Å². The molecule has 1 atom stereocenters. The number of amides is 5. The molecule has 306 valence electrons. The number of fused-ring (bicyclic) bond motifs is 2. The van der Waals surface area contributed by atoms with E-state index in [1.165, 1.54) is 4.57 Å². The van der Waals surface area contributed by atoms with Crippen LogP contribution in [0.4, 0.5) is 18.9 Å². The number of likely N-dealkylation sites (tertiary alicyclic amines) is 1. The zero-order valence-corrected chi connectivity index (χ0v) is 32.2. The van der Waals surface area contributed by atoms with Crippen molar-refractivity contribution in [3.8, 4) is 11.1 Å². The molecule has 0 bridgehead atoms. The van der Waals surface area contributed by atoms with Crippen molar-refractivity contribution in [3.05, 3.63) is 81.5 Å². The highest BCUT2D eigenvalue weighted by Gasteiger charge is 2.45. The van der Waals surface area contributed by atoms with Gasteiger partial charge in [-0.25, -0.2) is 4.98 Å². The Hall–Kier alpha value is -5.84. The largest absolute Gasteiger partial charge is 0.522 e. The summed E-state index contributed by atoms with van der Waals surface area (Å²) in [7, 11) is 1.67. The van der Waals surface area contributed by atoms with Gasteiger partial charge < -0.3 is 19.4 Å². The topological polar surface area (TPSA) is 165 Å². The second-order valence-electron chi connectivity index (χ2n) is 15.0. The number of nitrogens with one attached hydrogen (secondary N) is 2. The lowest BCUT2D eigenvalue weighted by atomic mass is 9.95. The van der Waals surface area contributed by atoms with Crippen LogP contribution in [0, 0.1) is 6.92 Å². The number of hydrogen-bond donors (Lipinski definition) is 2. The molecule has 4 aromatic rings. The van der Waals surface area contributed by atoms with Crippen molar-refractivity contribution in [2.24, 2.45) is 7.05 Å². The fourth-order valence-electron chi connectivity index (χ4n) is 8.16. The number of halogens is 3. The molecule has 0 saturated carbocycles. The number of ether oxygens (including phenoxy) is 1. The first-order valence-electron chi connectivity index (χ1n) is 19.4. The molecule has 2 saturated heterocycles. The number of rotatable bonds is 13. The maximum Gasteiger partial charge on any atom is 0.522 e. The van der Waals surface area contributed by atoms with Crippen LogP contribution < -0.4 is 16.2 Å². The van der Waals surface area contributed by atoms with Crippen LogP contribution in [0.1, 0.15) is 89.4 Å². The molecule has 0 spiro atoms. The first-order chi connectivity index (χ1) is 27.7. The van der Waals surface area contributed by atoms with E-state index in [1.807, 2.05) is 23.1 Å². The standard InChI is InChI=1S/C41H44F3N7O7/c1-24-21-27(23-48(2)38(24)55)26-10-11-29-32(22-26)50(19-20-58-41(42,43)44)36(46-29)25-14-17-49(18-15-25)34(53)9-4-3-5-16-45-30-8-6-7-28-35(30)40(57)51(39(28)56)31-12-13-33(52)47-37(31)54/h6-8,10-11,21-23,25,31,45H,3-5,9,12-20H2,1-2H3,(H,47,52,54). The van der Waals surface area contributed by atoms with E-state index in [9.17, 15) is 41.9 Å². The number of imide groups is 2. The van der Waals surface area contributed by atoms with Crippen LogP contribution in [0.5, 0.6) is 0 Å². The SMILES string of the molecule is Cc1cc(-c2ccc3nc(C4CCN(C(=O)CCCCCNc5cccc6c5C(=O)N(C5CCC(=O)NC5=O)C6=O)CC4)n(CCOC(F)(F)F)c3c2)cn(C)c1=O. The zero-order valence-electron chi connectivity index (χ0n) is 32.2. The van der Waals surface area contributed by atoms with Crippen molar-refractivity contribution in [1.82, 2.24) is 29.2 Å². The van der Waals surface area contributed by atoms with Crippen LogP contribution in [0.3, 0.4) is 0 Å². The molecular formula is C41H44F3N7O7. The maximum atomic E-state index is 13.3. The fourth-order valence-corrected chi connectivity index (χ4v) is 8.16. The molecular weight excluding hydrogens is 759 g/mol. The first kappa shape index (κ1) is 40.4. The van der Waals surface area contributed by atoms with Crippen LogP contribution in [-0.2, 0) is 32.7 Å². The summed E-state index contributed by atoms with van der Waals surface area (Å²) in [4.78, 5) is 83.6. The number of aryl methyl sites for hydroxylation is 2. The molecule has 14 nitrogen and oxygen atoms in total. The average Bonchev–Trinajstić information content (AvgIpc) is 3.67. The van der Waals surface area contributed by atoms with Gasteiger partial charge in [0, 0.05) is 69.4 Å². The van der Waals surface area contributed by atoms with E-state index in [4.69, 9.17) is 4.98 Å². The van der Waals surface area contributed by atoms with E-state index in [0.717, 1.165) is 22.4 Å². The number of pyridine rings is 1. The van der Waals surface area contributed by atoms with Crippen molar-refractivity contribution in [2.75, 3.05) is 31.6 Å². The zero-order chi connectivity index (χ0) is 41.3. The lowest BCUT2D eigenvalue weighted by Gasteiger charge is -2.32. The molecule has 0 aliphatic carbocycles. The number of piperidine rings is 2. The monoisotopic (exact) mass is 803 g/mol. The molecule has 0 radical (unpaired) electrons. The Bertz CT molecular complexity index is 2320. The van der Waals surface area contributed by atoms with Gasteiger partial charge in [-0.3, -0.25) is 43.7 Å². The van der Waals surface area contributed by atoms with E-state index >= 15 is 0 Å². The summed E-state index contributed by atoms with van der Waals surface area (Å²) in [5.74, 6) is -1.68. The fraction of sp³-hybridized carbons (Fsp3) is 0.439. The summed E-state index contributed by atoms with van der Waals surface area (Å²) in [6.45, 7) is 2.52. The molecule has 7 rings (SSSR count). The first-order valence-corrected chi connectivity index (χ1v) is 19.4. The van der Waals surface area contributed by atoms with Gasteiger partial charge in [0.1, 0.15) is 11.9 Å².